The third-order valence-electron chi connectivity index (χ3n) is 4.54. The van der Waals surface area contributed by atoms with E-state index in [2.05, 4.69) is 5.32 Å². The van der Waals surface area contributed by atoms with Gasteiger partial charge in [-0.25, -0.2) is 0 Å². The summed E-state index contributed by atoms with van der Waals surface area (Å²) in [4.78, 5) is 26.7. The highest BCUT2D eigenvalue weighted by Crippen LogP contribution is 2.20. The first kappa shape index (κ1) is 17.5. The Labute approximate surface area is 152 Å². The molecule has 0 aliphatic carbocycles. The fourth-order valence-corrected chi connectivity index (χ4v) is 3.22. The number of aryl methyl sites for hydroxylation is 1. The van der Waals surface area contributed by atoms with Crippen molar-refractivity contribution in [1.82, 2.24) is 10.2 Å². The van der Waals surface area contributed by atoms with Crippen LogP contribution < -0.4 is 5.32 Å². The number of amides is 2. The molecular formula is C20H21ClN2O2. The van der Waals surface area contributed by atoms with E-state index >= 15 is 0 Å². The van der Waals surface area contributed by atoms with Gasteiger partial charge in [0, 0.05) is 24.7 Å². The Bertz CT molecular complexity index is 766. The number of carbonyl (C=O) groups excluding carboxylic acids is 2. The van der Waals surface area contributed by atoms with Gasteiger partial charge >= 0.3 is 0 Å². The summed E-state index contributed by atoms with van der Waals surface area (Å²) in [6.07, 6.45) is 1.49. The Hall–Kier alpha value is -2.33. The first-order chi connectivity index (χ1) is 12.0. The minimum atomic E-state index is -0.0594. The second-order valence-corrected chi connectivity index (χ2v) is 6.79. The van der Waals surface area contributed by atoms with Crippen LogP contribution in [-0.4, -0.2) is 35.8 Å². The fraction of sp³-hybridized carbons (Fsp3) is 0.300. The van der Waals surface area contributed by atoms with Gasteiger partial charge in [-0.1, -0.05) is 41.4 Å². The molecule has 0 radical (unpaired) electrons. The van der Waals surface area contributed by atoms with Crippen molar-refractivity contribution in [2.24, 2.45) is 0 Å². The first-order valence-electron chi connectivity index (χ1n) is 8.46. The molecule has 25 heavy (non-hydrogen) atoms. The minimum Gasteiger partial charge on any atom is -0.349 e. The molecule has 1 fully saturated rings. The largest absolute Gasteiger partial charge is 0.349 e. The molecule has 0 bridgehead atoms. The van der Waals surface area contributed by atoms with Crippen molar-refractivity contribution in [3.63, 3.8) is 0 Å². The molecule has 5 heteroatoms. The van der Waals surface area contributed by atoms with Gasteiger partial charge in [0.25, 0.3) is 11.8 Å². The third-order valence-corrected chi connectivity index (χ3v) is 4.86. The summed E-state index contributed by atoms with van der Waals surface area (Å²) in [5, 5.41) is 3.54. The molecule has 2 amide bonds. The SMILES string of the molecule is Cc1ccc(C(=O)NC2CCN(C(=O)c3ccccc3Cl)CC2)cc1. The molecule has 1 aliphatic rings. The van der Waals surface area contributed by atoms with Crippen LogP contribution >= 0.6 is 11.6 Å². The Morgan fingerprint density at radius 3 is 2.32 bits per heavy atom. The van der Waals surface area contributed by atoms with E-state index in [9.17, 15) is 9.59 Å². The number of carbonyl (C=O) groups is 2. The van der Waals surface area contributed by atoms with Gasteiger partial charge in [-0.15, -0.1) is 0 Å². The quantitative estimate of drug-likeness (QED) is 0.911. The predicted molar refractivity (Wildman–Crippen MR) is 99.0 cm³/mol. The van der Waals surface area contributed by atoms with Crippen molar-refractivity contribution in [1.29, 1.82) is 0 Å². The molecule has 1 heterocycles. The lowest BCUT2D eigenvalue weighted by Gasteiger charge is -2.32. The summed E-state index contributed by atoms with van der Waals surface area (Å²) >= 11 is 6.11. The Balaban J connectivity index is 1.55. The number of piperidine rings is 1. The topological polar surface area (TPSA) is 49.4 Å². The van der Waals surface area contributed by atoms with E-state index in [1.807, 2.05) is 43.3 Å². The van der Waals surface area contributed by atoms with Crippen LogP contribution in [-0.2, 0) is 0 Å². The van der Waals surface area contributed by atoms with Crippen molar-refractivity contribution < 1.29 is 9.59 Å². The van der Waals surface area contributed by atoms with E-state index in [1.165, 1.54) is 0 Å². The Morgan fingerprint density at radius 2 is 1.68 bits per heavy atom. The van der Waals surface area contributed by atoms with Crippen LogP contribution in [0, 0.1) is 6.92 Å². The van der Waals surface area contributed by atoms with Crippen LogP contribution in [0.1, 0.15) is 39.1 Å². The average Bonchev–Trinajstić information content (AvgIpc) is 2.63. The lowest BCUT2D eigenvalue weighted by molar-refractivity contribution is 0.0698. The molecule has 0 spiro atoms. The number of benzene rings is 2. The van der Waals surface area contributed by atoms with Crippen LogP contribution in [0.4, 0.5) is 0 Å². The van der Waals surface area contributed by atoms with Gasteiger partial charge in [-0.05, 0) is 44.0 Å². The Kier molecular flexibility index (Phi) is 5.39. The van der Waals surface area contributed by atoms with Crippen molar-refractivity contribution in [3.8, 4) is 0 Å². The molecule has 130 valence electrons. The lowest BCUT2D eigenvalue weighted by Crippen LogP contribution is -2.46. The Morgan fingerprint density at radius 1 is 1.04 bits per heavy atom. The van der Waals surface area contributed by atoms with E-state index in [1.54, 1.807) is 17.0 Å². The molecular weight excluding hydrogens is 336 g/mol. The zero-order chi connectivity index (χ0) is 17.8. The summed E-state index contributed by atoms with van der Waals surface area (Å²) in [5.41, 5.74) is 2.33. The maximum absolute atomic E-state index is 12.6. The van der Waals surface area contributed by atoms with Gasteiger partial charge in [0.1, 0.15) is 0 Å². The molecule has 0 unspecified atom stereocenters. The minimum absolute atomic E-state index is 0.0473. The standard InChI is InChI=1S/C20H21ClN2O2/c1-14-6-8-15(9-7-14)19(24)22-16-10-12-23(13-11-16)20(25)17-4-2-3-5-18(17)21/h2-9,16H,10-13H2,1H3,(H,22,24). The van der Waals surface area contributed by atoms with Gasteiger partial charge in [-0.2, -0.15) is 0 Å². The van der Waals surface area contributed by atoms with Crippen molar-refractivity contribution in [2.45, 2.75) is 25.8 Å². The second-order valence-electron chi connectivity index (χ2n) is 6.39. The normalized spacial score (nSPS) is 15.0. The highest BCUT2D eigenvalue weighted by molar-refractivity contribution is 6.33. The smallest absolute Gasteiger partial charge is 0.255 e. The molecule has 4 nitrogen and oxygen atoms in total. The summed E-state index contributed by atoms with van der Waals surface area (Å²) in [6, 6.07) is 14.7. The molecule has 0 atom stereocenters. The number of rotatable bonds is 3. The lowest BCUT2D eigenvalue weighted by atomic mass is 10.0. The van der Waals surface area contributed by atoms with E-state index in [0.29, 0.717) is 29.2 Å². The number of nitrogens with zero attached hydrogens (tertiary/aromatic N) is 1. The maximum atomic E-state index is 12.6. The van der Waals surface area contributed by atoms with Crippen LogP contribution in [0.2, 0.25) is 5.02 Å². The van der Waals surface area contributed by atoms with Gasteiger partial charge in [0.05, 0.1) is 10.6 Å². The van der Waals surface area contributed by atoms with Crippen molar-refractivity contribution in [3.05, 3.63) is 70.2 Å². The zero-order valence-electron chi connectivity index (χ0n) is 14.2. The zero-order valence-corrected chi connectivity index (χ0v) is 14.9. The van der Waals surface area contributed by atoms with E-state index < -0.39 is 0 Å². The fourth-order valence-electron chi connectivity index (χ4n) is 3.01. The monoisotopic (exact) mass is 356 g/mol. The van der Waals surface area contributed by atoms with E-state index in [4.69, 9.17) is 11.6 Å². The number of hydrogen-bond acceptors (Lipinski definition) is 2. The average molecular weight is 357 g/mol. The molecule has 3 rings (SSSR count). The molecule has 1 saturated heterocycles. The van der Waals surface area contributed by atoms with Crippen LogP contribution in [0.25, 0.3) is 0 Å². The van der Waals surface area contributed by atoms with Crippen molar-refractivity contribution in [2.75, 3.05) is 13.1 Å². The second kappa shape index (κ2) is 7.70. The first-order valence-corrected chi connectivity index (χ1v) is 8.84. The summed E-state index contributed by atoms with van der Waals surface area (Å²) < 4.78 is 0. The summed E-state index contributed by atoms with van der Waals surface area (Å²) in [5.74, 6) is -0.107. The molecule has 0 aromatic heterocycles. The molecule has 1 aliphatic heterocycles. The molecule has 1 N–H and O–H groups in total. The number of hydrogen-bond donors (Lipinski definition) is 1. The molecule has 0 saturated carbocycles. The molecule has 2 aromatic carbocycles. The van der Waals surface area contributed by atoms with Crippen LogP contribution in [0.5, 0.6) is 0 Å². The van der Waals surface area contributed by atoms with Crippen molar-refractivity contribution >= 4 is 23.4 Å². The van der Waals surface area contributed by atoms with E-state index in [-0.39, 0.29) is 17.9 Å². The predicted octanol–water partition coefficient (Wildman–Crippen LogP) is 3.68. The highest BCUT2D eigenvalue weighted by Gasteiger charge is 2.25. The highest BCUT2D eigenvalue weighted by atomic mass is 35.5. The van der Waals surface area contributed by atoms with Gasteiger partial charge in [-0.3, -0.25) is 9.59 Å². The van der Waals surface area contributed by atoms with Crippen LogP contribution in [0.15, 0.2) is 48.5 Å². The van der Waals surface area contributed by atoms with Gasteiger partial charge in [0.15, 0.2) is 0 Å². The van der Waals surface area contributed by atoms with E-state index in [0.717, 1.165) is 18.4 Å². The van der Waals surface area contributed by atoms with Gasteiger partial charge < -0.3 is 10.2 Å². The van der Waals surface area contributed by atoms with Crippen LogP contribution in [0.3, 0.4) is 0 Å². The summed E-state index contributed by atoms with van der Waals surface area (Å²) in [7, 11) is 0. The third kappa shape index (κ3) is 4.20. The number of halogens is 1. The summed E-state index contributed by atoms with van der Waals surface area (Å²) in [6.45, 7) is 3.22. The maximum Gasteiger partial charge on any atom is 0.255 e. The number of likely N-dealkylation sites (tertiary alicyclic amines) is 1. The number of nitrogens with one attached hydrogen (secondary N) is 1. The van der Waals surface area contributed by atoms with Gasteiger partial charge in [0.2, 0.25) is 0 Å². The molecule has 2 aromatic rings.